The van der Waals surface area contributed by atoms with Crippen molar-refractivity contribution in [2.24, 2.45) is 0 Å². The molecule has 118 valence electrons. The summed E-state index contributed by atoms with van der Waals surface area (Å²) >= 11 is 0. The Morgan fingerprint density at radius 1 is 1.26 bits per heavy atom. The van der Waals surface area contributed by atoms with Gasteiger partial charge in [-0.2, -0.15) is 13.2 Å². The van der Waals surface area contributed by atoms with Crippen molar-refractivity contribution in [1.82, 2.24) is 29.5 Å². The van der Waals surface area contributed by atoms with Crippen LogP contribution >= 0.6 is 0 Å². The van der Waals surface area contributed by atoms with Crippen molar-refractivity contribution in [3.05, 3.63) is 48.7 Å². The summed E-state index contributed by atoms with van der Waals surface area (Å²) in [6, 6.07) is 0.513. The predicted molar refractivity (Wildman–Crippen MR) is 67.7 cm³/mol. The lowest BCUT2D eigenvalue weighted by atomic mass is 10.3. The van der Waals surface area contributed by atoms with Gasteiger partial charge in [0, 0.05) is 18.5 Å². The molecule has 0 aromatic carbocycles. The van der Waals surface area contributed by atoms with E-state index in [2.05, 4.69) is 24.9 Å². The molecule has 0 spiro atoms. The molecule has 0 saturated carbocycles. The van der Waals surface area contributed by atoms with Gasteiger partial charge in [0.05, 0.1) is 12.5 Å². The molecule has 1 N–H and O–H groups in total. The fourth-order valence-corrected chi connectivity index (χ4v) is 1.63. The number of ether oxygens (including phenoxy) is 1. The molecule has 3 heterocycles. The van der Waals surface area contributed by atoms with Gasteiger partial charge >= 0.3 is 12.1 Å². The summed E-state index contributed by atoms with van der Waals surface area (Å²) in [5.74, 6) is -1.45. The molecule has 0 atom stereocenters. The van der Waals surface area contributed by atoms with Gasteiger partial charge in [0.1, 0.15) is 6.33 Å². The number of nitrogens with one attached hydrogen (secondary N) is 1. The largest absolute Gasteiger partial charge is 0.433 e. The fraction of sp³-hybridized carbons (Fsp3) is 0.0833. The van der Waals surface area contributed by atoms with Gasteiger partial charge in [0.25, 0.3) is 0 Å². The summed E-state index contributed by atoms with van der Waals surface area (Å²) in [5, 5.41) is 0. The van der Waals surface area contributed by atoms with Gasteiger partial charge in [-0.25, -0.2) is 24.7 Å². The lowest BCUT2D eigenvalue weighted by Gasteiger charge is -2.10. The van der Waals surface area contributed by atoms with Gasteiger partial charge < -0.3 is 9.72 Å². The predicted octanol–water partition coefficient (Wildman–Crippen LogP) is 1.62. The molecule has 11 heteroatoms. The zero-order valence-electron chi connectivity index (χ0n) is 11.2. The molecule has 8 nitrogen and oxygen atoms in total. The molecule has 0 aliphatic carbocycles. The number of imidazole rings is 2. The zero-order chi connectivity index (χ0) is 16.4. The summed E-state index contributed by atoms with van der Waals surface area (Å²) in [6.45, 7) is 0. The number of esters is 1. The summed E-state index contributed by atoms with van der Waals surface area (Å²) in [7, 11) is 0. The molecule has 0 radical (unpaired) electrons. The van der Waals surface area contributed by atoms with Crippen molar-refractivity contribution < 1.29 is 22.7 Å². The number of rotatable bonds is 3. The fourth-order valence-electron chi connectivity index (χ4n) is 1.63. The Bertz CT molecular complexity index is 814. The lowest BCUT2D eigenvalue weighted by molar-refractivity contribution is -0.141. The molecular formula is C12H7F3N6O2. The molecule has 3 aromatic rings. The van der Waals surface area contributed by atoms with E-state index in [1.165, 1.54) is 31.2 Å². The first kappa shape index (κ1) is 14.7. The van der Waals surface area contributed by atoms with Crippen LogP contribution in [-0.4, -0.2) is 35.5 Å². The number of H-pyrrole nitrogens is 1. The van der Waals surface area contributed by atoms with Crippen LogP contribution in [0.5, 0.6) is 5.88 Å². The van der Waals surface area contributed by atoms with Gasteiger partial charge in [-0.1, -0.05) is 0 Å². The number of hydrogen-bond donors (Lipinski definition) is 1. The maximum atomic E-state index is 12.9. The third-order valence-corrected chi connectivity index (χ3v) is 2.63. The second-order valence-corrected chi connectivity index (χ2v) is 4.21. The minimum absolute atomic E-state index is 0.0219. The van der Waals surface area contributed by atoms with Gasteiger partial charge in [0.2, 0.25) is 11.8 Å². The SMILES string of the molecule is O=C(Oc1cnc[nH]1)c1cc(C(F)(F)F)nc(-n2ccnc2)n1. The van der Waals surface area contributed by atoms with Crippen molar-refractivity contribution in [2.45, 2.75) is 6.18 Å². The maximum absolute atomic E-state index is 12.9. The Labute approximate surface area is 126 Å². The van der Waals surface area contributed by atoms with Crippen molar-refractivity contribution in [1.29, 1.82) is 0 Å². The summed E-state index contributed by atoms with van der Waals surface area (Å²) < 4.78 is 44.8. The van der Waals surface area contributed by atoms with Crippen LogP contribution in [0.15, 0.2) is 37.3 Å². The highest BCUT2D eigenvalue weighted by Gasteiger charge is 2.35. The molecule has 0 amide bonds. The Balaban J connectivity index is 2.02. The summed E-state index contributed by atoms with van der Waals surface area (Å²) in [6.07, 6.45) is 1.59. The Kier molecular flexibility index (Phi) is 3.52. The topological polar surface area (TPSA) is 98.6 Å². The molecule has 0 bridgehead atoms. The average Bonchev–Trinajstić information content (AvgIpc) is 3.19. The first-order chi connectivity index (χ1) is 10.9. The molecule has 0 aliphatic heterocycles. The molecule has 0 aliphatic rings. The number of alkyl halides is 3. The van der Waals surface area contributed by atoms with Crippen LogP contribution in [0.4, 0.5) is 13.2 Å². The number of aromatic amines is 1. The van der Waals surface area contributed by atoms with E-state index in [0.717, 1.165) is 4.57 Å². The maximum Gasteiger partial charge on any atom is 0.433 e. The normalized spacial score (nSPS) is 11.4. The third-order valence-electron chi connectivity index (χ3n) is 2.63. The minimum atomic E-state index is -4.75. The van der Waals surface area contributed by atoms with E-state index in [0.29, 0.717) is 6.07 Å². The molecule has 0 saturated heterocycles. The number of halogens is 3. The summed E-state index contributed by atoms with van der Waals surface area (Å²) in [4.78, 5) is 28.9. The third kappa shape index (κ3) is 3.17. The van der Waals surface area contributed by atoms with E-state index in [9.17, 15) is 18.0 Å². The van der Waals surface area contributed by atoms with Crippen LogP contribution in [-0.2, 0) is 6.18 Å². The number of aromatic nitrogens is 6. The van der Waals surface area contributed by atoms with E-state index < -0.39 is 23.5 Å². The van der Waals surface area contributed by atoms with Gasteiger partial charge in [-0.3, -0.25) is 4.57 Å². The van der Waals surface area contributed by atoms with Gasteiger partial charge in [-0.15, -0.1) is 0 Å². The van der Waals surface area contributed by atoms with E-state index in [4.69, 9.17) is 4.74 Å². The van der Waals surface area contributed by atoms with Crippen LogP contribution in [0.1, 0.15) is 16.2 Å². The van der Waals surface area contributed by atoms with Crippen LogP contribution in [0, 0.1) is 0 Å². The van der Waals surface area contributed by atoms with Gasteiger partial charge in [0.15, 0.2) is 11.4 Å². The van der Waals surface area contributed by atoms with E-state index in [-0.39, 0.29) is 11.8 Å². The van der Waals surface area contributed by atoms with E-state index in [1.54, 1.807) is 0 Å². The molecule has 0 unspecified atom stereocenters. The Morgan fingerprint density at radius 2 is 2.09 bits per heavy atom. The highest BCUT2D eigenvalue weighted by atomic mass is 19.4. The van der Waals surface area contributed by atoms with Crippen molar-refractivity contribution in [3.8, 4) is 11.8 Å². The second kappa shape index (κ2) is 5.51. The number of carbonyl (C=O) groups excluding carboxylic acids is 1. The quantitative estimate of drug-likeness (QED) is 0.735. The molecule has 3 rings (SSSR count). The molecule has 3 aromatic heterocycles. The number of carbonyl (C=O) groups is 1. The van der Waals surface area contributed by atoms with E-state index >= 15 is 0 Å². The highest BCUT2D eigenvalue weighted by Crippen LogP contribution is 2.28. The monoisotopic (exact) mass is 324 g/mol. The molecule has 0 fully saturated rings. The summed E-state index contributed by atoms with van der Waals surface area (Å²) in [5.41, 5.74) is -1.82. The Hall–Kier alpha value is -3.24. The Morgan fingerprint density at radius 3 is 2.70 bits per heavy atom. The average molecular weight is 324 g/mol. The number of nitrogens with zero attached hydrogens (tertiary/aromatic N) is 5. The first-order valence-electron chi connectivity index (χ1n) is 6.08. The minimum Gasteiger partial charge on any atom is -0.403 e. The lowest BCUT2D eigenvalue weighted by Crippen LogP contribution is -2.18. The van der Waals surface area contributed by atoms with Crippen molar-refractivity contribution in [3.63, 3.8) is 0 Å². The van der Waals surface area contributed by atoms with Gasteiger partial charge in [-0.05, 0) is 0 Å². The second-order valence-electron chi connectivity index (χ2n) is 4.21. The van der Waals surface area contributed by atoms with Crippen LogP contribution < -0.4 is 4.74 Å². The molecular weight excluding hydrogens is 317 g/mol. The zero-order valence-corrected chi connectivity index (χ0v) is 11.2. The van der Waals surface area contributed by atoms with Crippen LogP contribution in [0.25, 0.3) is 5.95 Å². The first-order valence-corrected chi connectivity index (χ1v) is 6.08. The number of hydrogen-bond acceptors (Lipinski definition) is 6. The highest BCUT2D eigenvalue weighted by molar-refractivity contribution is 5.89. The molecule has 23 heavy (non-hydrogen) atoms. The van der Waals surface area contributed by atoms with E-state index in [1.807, 2.05) is 0 Å². The smallest absolute Gasteiger partial charge is 0.403 e. The van der Waals surface area contributed by atoms with Crippen molar-refractivity contribution >= 4 is 5.97 Å². The van der Waals surface area contributed by atoms with Crippen LogP contribution in [0.2, 0.25) is 0 Å². The van der Waals surface area contributed by atoms with Crippen LogP contribution in [0.3, 0.4) is 0 Å². The van der Waals surface area contributed by atoms with Crippen molar-refractivity contribution in [2.75, 3.05) is 0 Å². The standard InChI is InChI=1S/C12H7F3N6O2/c13-12(14,15)8-3-7(10(22)23-9-4-17-5-18-9)19-11(20-8)21-2-1-16-6-21/h1-6H,(H,17,18).